The molecule has 1 saturated heterocycles. The van der Waals surface area contributed by atoms with E-state index in [9.17, 15) is 18.3 Å². The minimum Gasteiger partial charge on any atom is -0.505 e. The van der Waals surface area contributed by atoms with Crippen molar-refractivity contribution >= 4 is 35.6 Å². The van der Waals surface area contributed by atoms with E-state index < -0.39 is 17.5 Å². The summed E-state index contributed by atoms with van der Waals surface area (Å²) in [5, 5.41) is 15.6. The molecule has 1 fully saturated rings. The van der Waals surface area contributed by atoms with Crippen LogP contribution < -0.4 is 15.5 Å². The zero-order valence-corrected chi connectivity index (χ0v) is 17.6. The third-order valence-electron chi connectivity index (χ3n) is 4.48. The highest BCUT2D eigenvalue weighted by Gasteiger charge is 2.25. The van der Waals surface area contributed by atoms with Crippen LogP contribution in [0.1, 0.15) is 12.0 Å². The van der Waals surface area contributed by atoms with Crippen LogP contribution in [-0.4, -0.2) is 37.2 Å². The molecular weight excluding hydrogens is 484 g/mol. The second-order valence-corrected chi connectivity index (χ2v) is 6.38. The van der Waals surface area contributed by atoms with Gasteiger partial charge < -0.3 is 20.6 Å². The van der Waals surface area contributed by atoms with Crippen molar-refractivity contribution < 1.29 is 18.3 Å². The van der Waals surface area contributed by atoms with Crippen molar-refractivity contribution in [1.29, 1.82) is 0 Å². The zero-order chi connectivity index (χ0) is 19.4. The van der Waals surface area contributed by atoms with E-state index in [4.69, 9.17) is 0 Å². The Bertz CT molecular complexity index is 850. The smallest absolute Gasteiger partial charge is 0.191 e. The number of aliphatic imine (C=N–C) groups is 1. The van der Waals surface area contributed by atoms with E-state index in [1.165, 1.54) is 24.3 Å². The largest absolute Gasteiger partial charge is 0.505 e. The summed E-state index contributed by atoms with van der Waals surface area (Å²) >= 11 is 0. The maximum absolute atomic E-state index is 13.9. The lowest BCUT2D eigenvalue weighted by molar-refractivity contribution is 0.431. The highest BCUT2D eigenvalue weighted by molar-refractivity contribution is 14.0. The average molecular weight is 506 g/mol. The Labute approximate surface area is 178 Å². The zero-order valence-electron chi connectivity index (χ0n) is 15.3. The first-order valence-electron chi connectivity index (χ1n) is 8.61. The molecule has 0 saturated carbocycles. The van der Waals surface area contributed by atoms with Gasteiger partial charge in [-0.15, -0.1) is 24.0 Å². The van der Waals surface area contributed by atoms with Crippen LogP contribution in [0.3, 0.4) is 0 Å². The number of nitrogens with one attached hydrogen (secondary N) is 2. The van der Waals surface area contributed by atoms with Crippen LogP contribution in [0, 0.1) is 17.5 Å². The number of nitrogens with zero attached hydrogens (tertiary/aromatic N) is 2. The molecule has 0 radical (unpaired) electrons. The number of aromatic hydroxyl groups is 1. The molecule has 0 spiro atoms. The van der Waals surface area contributed by atoms with Crippen molar-refractivity contribution in [3.8, 4) is 5.75 Å². The molecule has 152 valence electrons. The van der Waals surface area contributed by atoms with Gasteiger partial charge >= 0.3 is 0 Å². The lowest BCUT2D eigenvalue weighted by Crippen LogP contribution is -2.44. The Hall–Kier alpha value is -2.17. The van der Waals surface area contributed by atoms with Crippen LogP contribution in [0.4, 0.5) is 18.9 Å². The predicted molar refractivity (Wildman–Crippen MR) is 114 cm³/mol. The molecule has 0 aliphatic carbocycles. The van der Waals surface area contributed by atoms with Crippen LogP contribution in [0.5, 0.6) is 5.75 Å². The highest BCUT2D eigenvalue weighted by Crippen LogP contribution is 2.24. The minimum atomic E-state index is -0.676. The lowest BCUT2D eigenvalue weighted by Gasteiger charge is -2.21. The Kier molecular flexibility index (Phi) is 7.78. The normalized spacial score (nSPS) is 16.6. The maximum Gasteiger partial charge on any atom is 0.191 e. The summed E-state index contributed by atoms with van der Waals surface area (Å²) in [5.74, 6) is -1.70. The Morgan fingerprint density at radius 1 is 1.18 bits per heavy atom. The number of phenolic OH excluding ortho intramolecular Hbond substituents is 1. The molecule has 2 aromatic rings. The van der Waals surface area contributed by atoms with Gasteiger partial charge in [-0.25, -0.2) is 13.2 Å². The second kappa shape index (κ2) is 9.85. The van der Waals surface area contributed by atoms with Crippen molar-refractivity contribution in [1.82, 2.24) is 10.6 Å². The Balaban J connectivity index is 0.00000280. The number of halogens is 4. The van der Waals surface area contributed by atoms with Gasteiger partial charge in [0.1, 0.15) is 11.6 Å². The second-order valence-electron chi connectivity index (χ2n) is 6.38. The summed E-state index contributed by atoms with van der Waals surface area (Å²) in [6.07, 6.45) is 0.769. The summed E-state index contributed by atoms with van der Waals surface area (Å²) in [4.78, 5) is 6.00. The van der Waals surface area contributed by atoms with E-state index in [-0.39, 0.29) is 35.8 Å². The molecule has 1 aliphatic heterocycles. The summed E-state index contributed by atoms with van der Waals surface area (Å²) in [5.41, 5.74) is 1.04. The van der Waals surface area contributed by atoms with Crippen molar-refractivity contribution in [2.75, 3.05) is 25.0 Å². The van der Waals surface area contributed by atoms with Crippen molar-refractivity contribution in [2.24, 2.45) is 4.99 Å². The molecule has 0 bridgehead atoms. The van der Waals surface area contributed by atoms with Crippen molar-refractivity contribution in [3.63, 3.8) is 0 Å². The van der Waals surface area contributed by atoms with Crippen LogP contribution in [0.15, 0.2) is 41.4 Å². The first-order chi connectivity index (χ1) is 13.0. The van der Waals surface area contributed by atoms with Crippen LogP contribution in [0.2, 0.25) is 0 Å². The van der Waals surface area contributed by atoms with Gasteiger partial charge in [0.05, 0.1) is 5.69 Å². The third-order valence-corrected chi connectivity index (χ3v) is 4.48. The quantitative estimate of drug-likeness (QED) is 0.338. The number of hydrogen-bond acceptors (Lipinski definition) is 3. The molecule has 0 aromatic heterocycles. The van der Waals surface area contributed by atoms with Gasteiger partial charge in [0.15, 0.2) is 17.5 Å². The molecular formula is C19H22F3IN4O. The number of hydrogen-bond donors (Lipinski definition) is 3. The van der Waals surface area contributed by atoms with Gasteiger partial charge in [-0.1, -0.05) is 6.07 Å². The summed E-state index contributed by atoms with van der Waals surface area (Å²) in [6.45, 7) is 1.53. The van der Waals surface area contributed by atoms with Crippen LogP contribution in [-0.2, 0) is 6.54 Å². The van der Waals surface area contributed by atoms with E-state index in [1.807, 2.05) is 4.90 Å². The number of phenols is 1. The Morgan fingerprint density at radius 2 is 1.96 bits per heavy atom. The van der Waals surface area contributed by atoms with E-state index in [1.54, 1.807) is 13.1 Å². The average Bonchev–Trinajstić information content (AvgIpc) is 3.09. The van der Waals surface area contributed by atoms with Gasteiger partial charge in [0, 0.05) is 38.8 Å². The fourth-order valence-corrected chi connectivity index (χ4v) is 3.07. The number of guanidine groups is 1. The fraction of sp³-hybridized carbons (Fsp3) is 0.316. The first-order valence-corrected chi connectivity index (χ1v) is 8.61. The first kappa shape index (κ1) is 22.1. The van der Waals surface area contributed by atoms with Gasteiger partial charge in [-0.2, -0.15) is 0 Å². The van der Waals surface area contributed by atoms with E-state index in [0.717, 1.165) is 12.5 Å². The molecule has 1 heterocycles. The number of anilines is 1. The van der Waals surface area contributed by atoms with E-state index in [2.05, 4.69) is 15.6 Å². The topological polar surface area (TPSA) is 59.9 Å². The van der Waals surface area contributed by atoms with Gasteiger partial charge in [-0.3, -0.25) is 4.99 Å². The lowest BCUT2D eigenvalue weighted by atomic mass is 10.2. The molecule has 1 atom stereocenters. The monoisotopic (exact) mass is 506 g/mol. The van der Waals surface area contributed by atoms with Gasteiger partial charge in [0.25, 0.3) is 0 Å². The van der Waals surface area contributed by atoms with Gasteiger partial charge in [-0.05, 0) is 36.2 Å². The highest BCUT2D eigenvalue weighted by atomic mass is 127. The number of benzene rings is 2. The SMILES string of the molecule is CN=C(NCc1ccc(O)c(F)c1)NC1CCN(c2ccc(F)cc2F)C1.I. The molecule has 9 heteroatoms. The summed E-state index contributed by atoms with van der Waals surface area (Å²) in [6, 6.07) is 7.78. The molecule has 5 nitrogen and oxygen atoms in total. The molecule has 1 unspecified atom stereocenters. The minimum absolute atomic E-state index is 0. The molecule has 1 aliphatic rings. The molecule has 2 aromatic carbocycles. The standard InChI is InChI=1S/C19H21F3N4O.HI/c1-23-19(24-10-12-2-5-18(27)16(22)8-12)25-14-6-7-26(11-14)17-4-3-13(20)9-15(17)21;/h2-5,8-9,14,27H,6-7,10-11H2,1H3,(H2,23,24,25);1H. The predicted octanol–water partition coefficient (Wildman–Crippen LogP) is 3.37. The third kappa shape index (κ3) is 5.43. The van der Waals surface area contributed by atoms with Crippen molar-refractivity contribution in [2.45, 2.75) is 19.0 Å². The number of rotatable bonds is 4. The maximum atomic E-state index is 13.9. The molecule has 3 rings (SSSR count). The molecule has 0 amide bonds. The van der Waals surface area contributed by atoms with E-state index >= 15 is 0 Å². The molecule has 3 N–H and O–H groups in total. The van der Waals surface area contributed by atoms with Crippen molar-refractivity contribution in [3.05, 3.63) is 59.4 Å². The summed E-state index contributed by atoms with van der Waals surface area (Å²) in [7, 11) is 1.62. The van der Waals surface area contributed by atoms with E-state index in [0.29, 0.717) is 36.8 Å². The molecule has 28 heavy (non-hydrogen) atoms. The Morgan fingerprint density at radius 3 is 2.64 bits per heavy atom. The fourth-order valence-electron chi connectivity index (χ4n) is 3.07. The summed E-state index contributed by atoms with van der Waals surface area (Å²) < 4.78 is 40.4. The van der Waals surface area contributed by atoms with Crippen LogP contribution >= 0.6 is 24.0 Å². The van der Waals surface area contributed by atoms with Crippen LogP contribution in [0.25, 0.3) is 0 Å². The van der Waals surface area contributed by atoms with Gasteiger partial charge in [0.2, 0.25) is 0 Å².